The van der Waals surface area contributed by atoms with E-state index in [4.69, 9.17) is 4.74 Å². The minimum atomic E-state index is -0.125. The highest BCUT2D eigenvalue weighted by Gasteiger charge is 2.49. The van der Waals surface area contributed by atoms with Crippen molar-refractivity contribution in [2.24, 2.45) is 5.41 Å². The lowest BCUT2D eigenvalue weighted by atomic mass is 9.64. The van der Waals surface area contributed by atoms with Crippen LogP contribution in [-0.2, 0) is 16.0 Å². The van der Waals surface area contributed by atoms with E-state index < -0.39 is 0 Å². The predicted octanol–water partition coefficient (Wildman–Crippen LogP) is 2.34. The smallest absolute Gasteiger partial charge is 0.241 e. The zero-order valence-corrected chi connectivity index (χ0v) is 13.0. The van der Waals surface area contributed by atoms with Gasteiger partial charge in [-0.2, -0.15) is 0 Å². The number of benzene rings is 1. The Morgan fingerprint density at radius 1 is 1.33 bits per heavy atom. The molecule has 1 saturated carbocycles. The molecule has 1 aromatic carbocycles. The van der Waals surface area contributed by atoms with Crippen molar-refractivity contribution < 1.29 is 9.53 Å². The summed E-state index contributed by atoms with van der Waals surface area (Å²) < 4.78 is 5.48. The Kier molecular flexibility index (Phi) is 3.76. The van der Waals surface area contributed by atoms with Crippen LogP contribution in [-0.4, -0.2) is 31.2 Å². The third-order valence-electron chi connectivity index (χ3n) is 5.16. The molecule has 1 fully saturated rings. The van der Waals surface area contributed by atoms with Gasteiger partial charge in [0.1, 0.15) is 0 Å². The van der Waals surface area contributed by atoms with Crippen molar-refractivity contribution >= 4 is 11.6 Å². The molecule has 0 radical (unpaired) electrons. The molecule has 1 aliphatic carbocycles. The third-order valence-corrected chi connectivity index (χ3v) is 5.16. The lowest BCUT2D eigenvalue weighted by Crippen LogP contribution is -2.63. The summed E-state index contributed by atoms with van der Waals surface area (Å²) in [5.41, 5.74) is 2.25. The van der Waals surface area contributed by atoms with E-state index in [1.165, 1.54) is 5.56 Å². The van der Waals surface area contributed by atoms with Gasteiger partial charge in [0.05, 0.1) is 12.1 Å². The molecule has 4 nitrogen and oxygen atoms in total. The second-order valence-electron chi connectivity index (χ2n) is 6.74. The van der Waals surface area contributed by atoms with Gasteiger partial charge < -0.3 is 15.4 Å². The maximum Gasteiger partial charge on any atom is 0.241 e. The molecule has 21 heavy (non-hydrogen) atoms. The van der Waals surface area contributed by atoms with E-state index in [1.54, 1.807) is 7.11 Å². The second kappa shape index (κ2) is 5.43. The number of methoxy groups -OCH3 is 1. The highest BCUT2D eigenvalue weighted by molar-refractivity contribution is 5.96. The Morgan fingerprint density at radius 3 is 2.81 bits per heavy atom. The number of aryl methyl sites for hydroxylation is 1. The van der Waals surface area contributed by atoms with Crippen LogP contribution in [0.4, 0.5) is 5.69 Å². The van der Waals surface area contributed by atoms with Crippen molar-refractivity contribution in [2.45, 2.75) is 51.3 Å². The fourth-order valence-electron chi connectivity index (χ4n) is 3.48. The first-order valence-corrected chi connectivity index (χ1v) is 7.70. The lowest BCUT2D eigenvalue weighted by Gasteiger charge is -2.52. The van der Waals surface area contributed by atoms with Crippen molar-refractivity contribution in [2.75, 3.05) is 12.4 Å². The topological polar surface area (TPSA) is 50.4 Å². The molecule has 0 bridgehead atoms. The van der Waals surface area contributed by atoms with Crippen LogP contribution < -0.4 is 10.6 Å². The van der Waals surface area contributed by atoms with Gasteiger partial charge in [-0.05, 0) is 30.9 Å². The van der Waals surface area contributed by atoms with Crippen LogP contribution in [0.15, 0.2) is 24.3 Å². The highest BCUT2D eigenvalue weighted by atomic mass is 16.5. The first-order valence-electron chi connectivity index (χ1n) is 7.70. The number of ether oxygens (including phenoxy) is 1. The molecule has 0 saturated heterocycles. The number of carbonyl (C=O) groups excluding carboxylic acids is 1. The van der Waals surface area contributed by atoms with Gasteiger partial charge in [-0.3, -0.25) is 4.79 Å². The van der Waals surface area contributed by atoms with Crippen LogP contribution in [0.3, 0.4) is 0 Å². The first-order chi connectivity index (χ1) is 10.0. The number of amides is 1. The molecule has 0 aromatic heterocycles. The summed E-state index contributed by atoms with van der Waals surface area (Å²) in [6.45, 7) is 4.40. The number of carbonyl (C=O) groups is 1. The van der Waals surface area contributed by atoms with Crippen LogP contribution in [0.2, 0.25) is 0 Å². The van der Waals surface area contributed by atoms with E-state index >= 15 is 0 Å². The van der Waals surface area contributed by atoms with Crippen LogP contribution in [0.5, 0.6) is 0 Å². The van der Waals surface area contributed by atoms with E-state index in [9.17, 15) is 4.79 Å². The van der Waals surface area contributed by atoms with E-state index in [0.717, 1.165) is 24.9 Å². The van der Waals surface area contributed by atoms with Crippen LogP contribution in [0.1, 0.15) is 32.3 Å². The fraction of sp³-hybridized carbons (Fsp3) is 0.588. The molecule has 1 aromatic rings. The van der Waals surface area contributed by atoms with E-state index in [-0.39, 0.29) is 23.5 Å². The van der Waals surface area contributed by atoms with Crippen LogP contribution in [0.25, 0.3) is 0 Å². The molecule has 3 atom stereocenters. The van der Waals surface area contributed by atoms with Gasteiger partial charge in [-0.25, -0.2) is 0 Å². The van der Waals surface area contributed by atoms with Crippen molar-refractivity contribution in [1.82, 2.24) is 5.32 Å². The van der Waals surface area contributed by atoms with Crippen molar-refractivity contribution in [3.63, 3.8) is 0 Å². The van der Waals surface area contributed by atoms with Gasteiger partial charge in [-0.1, -0.05) is 32.0 Å². The maximum absolute atomic E-state index is 12.4. The fourth-order valence-corrected chi connectivity index (χ4v) is 3.48. The summed E-state index contributed by atoms with van der Waals surface area (Å²) in [6.07, 6.45) is 3.02. The highest BCUT2D eigenvalue weighted by Crippen LogP contribution is 2.42. The Morgan fingerprint density at radius 2 is 2.10 bits per heavy atom. The van der Waals surface area contributed by atoms with Gasteiger partial charge >= 0.3 is 0 Å². The lowest BCUT2D eigenvalue weighted by molar-refractivity contribution is -0.123. The summed E-state index contributed by atoms with van der Waals surface area (Å²) in [6, 6.07) is 8.26. The molecular weight excluding hydrogens is 264 g/mol. The zero-order valence-electron chi connectivity index (χ0n) is 13.0. The van der Waals surface area contributed by atoms with Gasteiger partial charge in [0, 0.05) is 24.3 Å². The number of hydrogen-bond donors (Lipinski definition) is 2. The normalized spacial score (nSPS) is 30.8. The van der Waals surface area contributed by atoms with Crippen molar-refractivity contribution in [3.05, 3.63) is 29.8 Å². The molecule has 114 valence electrons. The molecule has 4 heteroatoms. The van der Waals surface area contributed by atoms with Crippen molar-refractivity contribution in [1.29, 1.82) is 0 Å². The monoisotopic (exact) mass is 288 g/mol. The third kappa shape index (κ3) is 2.58. The van der Waals surface area contributed by atoms with E-state index in [1.807, 2.05) is 18.2 Å². The molecule has 2 N–H and O–H groups in total. The van der Waals surface area contributed by atoms with Crippen LogP contribution in [0, 0.1) is 5.41 Å². The maximum atomic E-state index is 12.4. The number of fused-ring (bicyclic) bond motifs is 1. The summed E-state index contributed by atoms with van der Waals surface area (Å²) >= 11 is 0. The predicted molar refractivity (Wildman–Crippen MR) is 83.3 cm³/mol. The average molecular weight is 288 g/mol. The number of anilines is 1. The molecule has 1 aliphatic heterocycles. The van der Waals surface area contributed by atoms with Gasteiger partial charge in [0.25, 0.3) is 0 Å². The number of nitrogens with one attached hydrogen (secondary N) is 2. The minimum absolute atomic E-state index is 0.0776. The summed E-state index contributed by atoms with van der Waals surface area (Å²) in [7, 11) is 1.76. The van der Waals surface area contributed by atoms with Gasteiger partial charge in [0.15, 0.2) is 0 Å². The van der Waals surface area contributed by atoms with Crippen LogP contribution >= 0.6 is 0 Å². The Balaban J connectivity index is 1.67. The van der Waals surface area contributed by atoms with E-state index in [0.29, 0.717) is 6.04 Å². The van der Waals surface area contributed by atoms with Crippen molar-refractivity contribution in [3.8, 4) is 0 Å². The molecule has 1 amide bonds. The molecule has 1 heterocycles. The molecule has 3 unspecified atom stereocenters. The number of rotatable bonds is 3. The standard InChI is InChI=1S/C17H24N2O2/c1-17(2)14(10-15(17)21-3)18-13-9-8-11-6-4-5-7-12(11)19-16(13)20/h4-7,13-15,18H,8-10H2,1-3H3,(H,19,20). The quantitative estimate of drug-likeness (QED) is 0.897. The van der Waals surface area contributed by atoms with Gasteiger partial charge in [0.2, 0.25) is 5.91 Å². The second-order valence-corrected chi connectivity index (χ2v) is 6.74. The average Bonchev–Trinajstić information content (AvgIpc) is 2.62. The first kappa shape index (κ1) is 14.5. The summed E-state index contributed by atoms with van der Waals surface area (Å²) in [4.78, 5) is 12.4. The van der Waals surface area contributed by atoms with E-state index in [2.05, 4.69) is 30.5 Å². The molecular formula is C17H24N2O2. The minimum Gasteiger partial charge on any atom is -0.381 e. The number of hydrogen-bond acceptors (Lipinski definition) is 3. The SMILES string of the molecule is COC1CC(NC2CCc3ccccc3NC2=O)C1(C)C. The molecule has 2 aliphatic rings. The summed E-state index contributed by atoms with van der Waals surface area (Å²) in [5.74, 6) is 0.0802. The molecule has 0 spiro atoms. The Bertz CT molecular complexity index is 541. The number of para-hydroxylation sites is 1. The van der Waals surface area contributed by atoms with Gasteiger partial charge in [-0.15, -0.1) is 0 Å². The Labute approximate surface area is 126 Å². The largest absolute Gasteiger partial charge is 0.381 e. The summed E-state index contributed by atoms with van der Waals surface area (Å²) in [5, 5.41) is 6.59. The molecule has 3 rings (SSSR count). The Hall–Kier alpha value is -1.39. The zero-order chi connectivity index (χ0) is 15.0.